The molecule has 0 radical (unpaired) electrons. The Bertz CT molecular complexity index is 2740. The molecule has 4 nitrogen and oxygen atoms in total. The number of hydrogen-bond acceptors (Lipinski definition) is 5. The van der Waals surface area contributed by atoms with Crippen molar-refractivity contribution in [3.63, 3.8) is 0 Å². The van der Waals surface area contributed by atoms with E-state index in [4.69, 9.17) is 4.98 Å². The van der Waals surface area contributed by atoms with Crippen molar-refractivity contribution in [2.45, 2.75) is 36.0 Å². The standard InChI is InChI=1S/C52H42N4S/c1-52(2,3)38-26-23-36(24-27-38)37-25-29-45-43-18-7-8-19-44(43)46-30-28-42(34-50(46)56(49(45)32-37)51-22-11-12-31-53-51)57-41-17-13-16-40(33-41)55-35-54(39-14-5-4-6-15-39)47-20-9-10-21-48(47)55/h4-34H,35H2,1-3H3. The molecule has 0 saturated heterocycles. The van der Waals surface area contributed by atoms with Crippen molar-refractivity contribution in [1.82, 2.24) is 4.98 Å². The summed E-state index contributed by atoms with van der Waals surface area (Å²) in [5.74, 6) is 0.882. The number of pyridine rings is 1. The summed E-state index contributed by atoms with van der Waals surface area (Å²) in [6.07, 6.45) is 1.89. The Hall–Kier alpha value is -6.56. The minimum absolute atomic E-state index is 0.0930. The average Bonchev–Trinajstić information content (AvgIpc) is 3.59. The van der Waals surface area contributed by atoms with E-state index in [9.17, 15) is 0 Å². The summed E-state index contributed by atoms with van der Waals surface area (Å²) in [7, 11) is 0. The minimum atomic E-state index is 0.0930. The van der Waals surface area contributed by atoms with Crippen LogP contribution in [-0.4, -0.2) is 11.7 Å². The normalized spacial score (nSPS) is 13.1. The van der Waals surface area contributed by atoms with Gasteiger partial charge in [-0.15, -0.1) is 0 Å². The number of hydrogen-bond donors (Lipinski definition) is 0. The fraction of sp³-hybridized carbons (Fsp3) is 0.0962. The maximum Gasteiger partial charge on any atom is 0.137 e. The highest BCUT2D eigenvalue weighted by Crippen LogP contribution is 2.52. The highest BCUT2D eigenvalue weighted by atomic mass is 32.2. The van der Waals surface area contributed by atoms with Crippen molar-refractivity contribution in [1.29, 1.82) is 0 Å². The van der Waals surface area contributed by atoms with Gasteiger partial charge in [0.25, 0.3) is 0 Å². The Morgan fingerprint density at radius 3 is 1.75 bits per heavy atom. The van der Waals surface area contributed by atoms with E-state index in [0.29, 0.717) is 0 Å². The summed E-state index contributed by atoms with van der Waals surface area (Å²) < 4.78 is 0. The van der Waals surface area contributed by atoms with E-state index in [1.807, 2.05) is 12.3 Å². The lowest BCUT2D eigenvalue weighted by atomic mass is 9.86. The first-order valence-corrected chi connectivity index (χ1v) is 20.4. The van der Waals surface area contributed by atoms with Gasteiger partial charge in [-0.05, 0) is 106 Å². The Morgan fingerprint density at radius 2 is 1.05 bits per heavy atom. The highest BCUT2D eigenvalue weighted by molar-refractivity contribution is 7.99. The second-order valence-electron chi connectivity index (χ2n) is 15.7. The molecule has 2 aliphatic rings. The van der Waals surface area contributed by atoms with Crippen LogP contribution in [0.25, 0.3) is 33.4 Å². The van der Waals surface area contributed by atoms with Crippen LogP contribution in [0, 0.1) is 0 Å². The van der Waals surface area contributed by atoms with E-state index in [-0.39, 0.29) is 5.41 Å². The predicted molar refractivity (Wildman–Crippen MR) is 240 cm³/mol. The third kappa shape index (κ3) is 6.44. The number of nitrogens with zero attached hydrogens (tertiary/aromatic N) is 4. The van der Waals surface area contributed by atoms with Gasteiger partial charge in [0.2, 0.25) is 0 Å². The molecule has 0 amide bonds. The highest BCUT2D eigenvalue weighted by Gasteiger charge is 2.29. The third-order valence-electron chi connectivity index (χ3n) is 11.1. The van der Waals surface area contributed by atoms with Gasteiger partial charge in [-0.2, -0.15) is 0 Å². The minimum Gasteiger partial charge on any atom is -0.321 e. The van der Waals surface area contributed by atoms with E-state index in [0.717, 1.165) is 28.8 Å². The summed E-state index contributed by atoms with van der Waals surface area (Å²) in [5.41, 5.74) is 15.6. The SMILES string of the molecule is CC(C)(C)c1ccc(-c2ccc3c(c2)N(c2ccccn2)c2cc(Sc4cccc(N5CN(c6ccccc6)c6ccccc65)c4)ccc2-c2ccccc2-3)cc1. The van der Waals surface area contributed by atoms with Crippen LogP contribution in [0.5, 0.6) is 0 Å². The fourth-order valence-electron chi connectivity index (χ4n) is 8.20. The van der Waals surface area contributed by atoms with Crippen LogP contribution in [0.4, 0.5) is 39.9 Å². The van der Waals surface area contributed by atoms with Crippen LogP contribution < -0.4 is 14.7 Å². The lowest BCUT2D eigenvalue weighted by Crippen LogP contribution is -2.23. The van der Waals surface area contributed by atoms with Gasteiger partial charge in [-0.1, -0.05) is 142 Å². The van der Waals surface area contributed by atoms with Crippen molar-refractivity contribution in [2.75, 3.05) is 21.4 Å². The van der Waals surface area contributed by atoms with Crippen LogP contribution in [-0.2, 0) is 5.41 Å². The van der Waals surface area contributed by atoms with Gasteiger partial charge in [-0.3, -0.25) is 4.90 Å². The maximum absolute atomic E-state index is 4.97. The van der Waals surface area contributed by atoms with Crippen LogP contribution in [0.1, 0.15) is 26.3 Å². The largest absolute Gasteiger partial charge is 0.321 e. The number of anilines is 7. The lowest BCUT2D eigenvalue weighted by Gasteiger charge is -2.27. The molecule has 276 valence electrons. The van der Waals surface area contributed by atoms with E-state index in [1.165, 1.54) is 66.6 Å². The number of benzene rings is 7. The summed E-state index contributed by atoms with van der Waals surface area (Å²) in [5, 5.41) is 0. The topological polar surface area (TPSA) is 22.6 Å². The molecular weight excluding hydrogens is 713 g/mol. The second kappa shape index (κ2) is 14.2. The Morgan fingerprint density at radius 1 is 0.456 bits per heavy atom. The number of rotatable bonds is 6. The molecule has 10 rings (SSSR count). The average molecular weight is 755 g/mol. The quantitative estimate of drug-likeness (QED) is 0.168. The van der Waals surface area contributed by atoms with Gasteiger partial charge >= 0.3 is 0 Å². The molecule has 2 aliphatic heterocycles. The van der Waals surface area contributed by atoms with E-state index in [1.54, 1.807) is 11.8 Å². The molecule has 5 heteroatoms. The zero-order valence-corrected chi connectivity index (χ0v) is 33.1. The van der Waals surface area contributed by atoms with Crippen molar-refractivity contribution in [3.8, 4) is 33.4 Å². The second-order valence-corrected chi connectivity index (χ2v) is 16.9. The molecule has 0 fully saturated rings. The van der Waals surface area contributed by atoms with E-state index < -0.39 is 0 Å². The lowest BCUT2D eigenvalue weighted by molar-refractivity contribution is 0.590. The predicted octanol–water partition coefficient (Wildman–Crippen LogP) is 14.6. The van der Waals surface area contributed by atoms with Gasteiger partial charge < -0.3 is 9.80 Å². The summed E-state index contributed by atoms with van der Waals surface area (Å²) >= 11 is 1.79. The van der Waals surface area contributed by atoms with Crippen LogP contribution in [0.2, 0.25) is 0 Å². The Kier molecular flexibility index (Phi) is 8.68. The van der Waals surface area contributed by atoms with Crippen LogP contribution in [0.3, 0.4) is 0 Å². The molecule has 0 aliphatic carbocycles. The molecular formula is C52H42N4S. The van der Waals surface area contributed by atoms with Gasteiger partial charge in [-0.25, -0.2) is 4.98 Å². The molecule has 0 atom stereocenters. The van der Waals surface area contributed by atoms with Gasteiger partial charge in [0, 0.05) is 38.5 Å². The molecule has 7 aromatic carbocycles. The van der Waals surface area contributed by atoms with Crippen molar-refractivity contribution in [3.05, 3.63) is 194 Å². The third-order valence-corrected chi connectivity index (χ3v) is 12.1. The molecule has 57 heavy (non-hydrogen) atoms. The number of para-hydroxylation sites is 3. The summed E-state index contributed by atoms with van der Waals surface area (Å²) in [4.78, 5) is 14.5. The molecule has 0 saturated carbocycles. The first kappa shape index (κ1) is 34.9. The van der Waals surface area contributed by atoms with E-state index in [2.05, 4.69) is 211 Å². The molecule has 1 aromatic heterocycles. The van der Waals surface area contributed by atoms with Crippen molar-refractivity contribution in [2.24, 2.45) is 0 Å². The molecule has 0 bridgehead atoms. The zero-order valence-electron chi connectivity index (χ0n) is 32.3. The zero-order chi connectivity index (χ0) is 38.5. The van der Waals surface area contributed by atoms with Gasteiger partial charge in [0.1, 0.15) is 12.5 Å². The fourth-order valence-corrected chi connectivity index (χ4v) is 9.11. The Balaban J connectivity index is 1.06. The van der Waals surface area contributed by atoms with Crippen molar-refractivity contribution >= 4 is 51.7 Å². The first-order valence-electron chi connectivity index (χ1n) is 19.6. The van der Waals surface area contributed by atoms with Crippen LogP contribution in [0.15, 0.2) is 198 Å². The molecule has 8 aromatic rings. The molecule has 0 N–H and O–H groups in total. The summed E-state index contributed by atoms with van der Waals surface area (Å²) in [6, 6.07) is 66.1. The maximum atomic E-state index is 4.97. The molecule has 0 unspecified atom stereocenters. The van der Waals surface area contributed by atoms with Crippen LogP contribution >= 0.6 is 11.8 Å². The molecule has 3 heterocycles. The smallest absolute Gasteiger partial charge is 0.137 e. The van der Waals surface area contributed by atoms with Gasteiger partial charge in [0.15, 0.2) is 0 Å². The Labute approximate surface area is 339 Å². The number of fused-ring (bicyclic) bond motifs is 6. The van der Waals surface area contributed by atoms with Gasteiger partial charge in [0.05, 0.1) is 22.7 Å². The van der Waals surface area contributed by atoms with E-state index >= 15 is 0 Å². The summed E-state index contributed by atoms with van der Waals surface area (Å²) in [6.45, 7) is 7.54. The monoisotopic (exact) mass is 754 g/mol. The first-order chi connectivity index (χ1) is 27.9. The van der Waals surface area contributed by atoms with Crippen molar-refractivity contribution < 1.29 is 0 Å². The molecule has 0 spiro atoms. The number of aromatic nitrogens is 1.